The lowest BCUT2D eigenvalue weighted by atomic mass is 9.98. The molecule has 0 fully saturated rings. The molecular formula is C12H18N2. The number of nitrogens with two attached hydrogens (primary N) is 1. The Balaban J connectivity index is 2.24. The summed E-state index contributed by atoms with van der Waals surface area (Å²) in [6.45, 7) is 6.72. The van der Waals surface area contributed by atoms with Crippen LogP contribution in [0.25, 0.3) is 0 Å². The number of rotatable bonds is 1. The van der Waals surface area contributed by atoms with Crippen molar-refractivity contribution in [2.24, 2.45) is 0 Å². The van der Waals surface area contributed by atoms with Crippen LogP contribution < -0.4 is 5.73 Å². The number of nitrogen functional groups attached to an aromatic ring is 1. The summed E-state index contributed by atoms with van der Waals surface area (Å²) in [5, 5.41) is 0. The Kier molecular flexibility index (Phi) is 2.46. The molecule has 2 nitrogen and oxygen atoms in total. The summed E-state index contributed by atoms with van der Waals surface area (Å²) in [6, 6.07) is 6.92. The second-order valence-electron chi connectivity index (χ2n) is 4.34. The van der Waals surface area contributed by atoms with Crippen molar-refractivity contribution in [2.75, 3.05) is 12.3 Å². The van der Waals surface area contributed by atoms with E-state index in [1.807, 2.05) is 6.07 Å². The Morgan fingerprint density at radius 2 is 2.07 bits per heavy atom. The van der Waals surface area contributed by atoms with E-state index < -0.39 is 0 Å². The van der Waals surface area contributed by atoms with E-state index >= 15 is 0 Å². The highest BCUT2D eigenvalue weighted by atomic mass is 15.1. The number of nitrogens with zero attached hydrogens (tertiary/aromatic N) is 1. The molecule has 2 heteroatoms. The predicted octanol–water partition coefficient (Wildman–Crippen LogP) is 2.04. The Bertz CT molecular complexity index is 331. The van der Waals surface area contributed by atoms with Gasteiger partial charge < -0.3 is 5.73 Å². The van der Waals surface area contributed by atoms with Crippen molar-refractivity contribution in [3.63, 3.8) is 0 Å². The van der Waals surface area contributed by atoms with E-state index in [4.69, 9.17) is 5.73 Å². The molecule has 1 aromatic carbocycles. The first-order chi connectivity index (χ1) is 6.66. The molecule has 0 amide bonds. The summed E-state index contributed by atoms with van der Waals surface area (Å²) in [6.07, 6.45) is 1.16. The second-order valence-corrected chi connectivity index (χ2v) is 4.34. The fourth-order valence-corrected chi connectivity index (χ4v) is 2.04. The molecule has 14 heavy (non-hydrogen) atoms. The molecule has 1 aliphatic rings. The van der Waals surface area contributed by atoms with Gasteiger partial charge in [-0.2, -0.15) is 0 Å². The zero-order valence-corrected chi connectivity index (χ0v) is 8.96. The van der Waals surface area contributed by atoms with Crippen LogP contribution in [0.15, 0.2) is 18.2 Å². The van der Waals surface area contributed by atoms with E-state index in [0.717, 1.165) is 18.7 Å². The molecule has 1 heterocycles. The van der Waals surface area contributed by atoms with Gasteiger partial charge in [0.15, 0.2) is 0 Å². The first kappa shape index (κ1) is 9.53. The van der Waals surface area contributed by atoms with Gasteiger partial charge in [-0.15, -0.1) is 0 Å². The molecule has 2 N–H and O–H groups in total. The smallest absolute Gasteiger partial charge is 0.0317 e. The van der Waals surface area contributed by atoms with Crippen molar-refractivity contribution >= 4 is 5.69 Å². The van der Waals surface area contributed by atoms with Crippen LogP contribution in [0.1, 0.15) is 25.0 Å². The topological polar surface area (TPSA) is 29.3 Å². The van der Waals surface area contributed by atoms with Gasteiger partial charge in [0.2, 0.25) is 0 Å². The van der Waals surface area contributed by atoms with E-state index in [2.05, 4.69) is 30.9 Å². The fraction of sp³-hybridized carbons (Fsp3) is 0.500. The van der Waals surface area contributed by atoms with Gasteiger partial charge in [0.1, 0.15) is 0 Å². The van der Waals surface area contributed by atoms with Crippen LogP contribution >= 0.6 is 0 Å². The fourth-order valence-electron chi connectivity index (χ4n) is 2.04. The molecule has 1 aliphatic heterocycles. The van der Waals surface area contributed by atoms with Crippen molar-refractivity contribution in [1.29, 1.82) is 0 Å². The van der Waals surface area contributed by atoms with Gasteiger partial charge in [0, 0.05) is 24.8 Å². The Morgan fingerprint density at radius 1 is 1.29 bits per heavy atom. The minimum Gasteiger partial charge on any atom is -0.399 e. The number of fused-ring (bicyclic) bond motifs is 1. The first-order valence-corrected chi connectivity index (χ1v) is 5.28. The Hall–Kier alpha value is -1.02. The summed E-state index contributed by atoms with van der Waals surface area (Å²) in [7, 11) is 0. The molecule has 0 bridgehead atoms. The highest BCUT2D eigenvalue weighted by molar-refractivity contribution is 5.45. The lowest BCUT2D eigenvalue weighted by Crippen LogP contribution is -2.35. The maximum Gasteiger partial charge on any atom is 0.0317 e. The molecular weight excluding hydrogens is 172 g/mol. The first-order valence-electron chi connectivity index (χ1n) is 5.28. The normalized spacial score (nSPS) is 17.1. The van der Waals surface area contributed by atoms with Gasteiger partial charge in [-0.05, 0) is 43.5 Å². The maximum absolute atomic E-state index is 5.78. The zero-order chi connectivity index (χ0) is 10.1. The van der Waals surface area contributed by atoms with E-state index in [1.165, 1.54) is 17.7 Å². The molecule has 0 saturated heterocycles. The van der Waals surface area contributed by atoms with Crippen LogP contribution in [0.3, 0.4) is 0 Å². The van der Waals surface area contributed by atoms with Gasteiger partial charge in [0.25, 0.3) is 0 Å². The van der Waals surface area contributed by atoms with E-state index in [9.17, 15) is 0 Å². The molecule has 0 unspecified atom stereocenters. The quantitative estimate of drug-likeness (QED) is 0.687. The van der Waals surface area contributed by atoms with Crippen molar-refractivity contribution in [2.45, 2.75) is 32.9 Å². The third-order valence-electron chi connectivity index (χ3n) is 3.00. The lowest BCUT2D eigenvalue weighted by Gasteiger charge is -2.32. The molecule has 0 radical (unpaired) electrons. The van der Waals surface area contributed by atoms with Gasteiger partial charge in [-0.1, -0.05) is 6.07 Å². The van der Waals surface area contributed by atoms with Crippen molar-refractivity contribution in [1.82, 2.24) is 4.90 Å². The van der Waals surface area contributed by atoms with Gasteiger partial charge in [-0.3, -0.25) is 4.90 Å². The minimum atomic E-state index is 0.629. The number of anilines is 1. The predicted molar refractivity (Wildman–Crippen MR) is 60.1 cm³/mol. The van der Waals surface area contributed by atoms with Crippen molar-refractivity contribution < 1.29 is 0 Å². The molecule has 0 saturated carbocycles. The molecule has 0 spiro atoms. The van der Waals surface area contributed by atoms with Gasteiger partial charge in [0.05, 0.1) is 0 Å². The Morgan fingerprint density at radius 3 is 2.79 bits per heavy atom. The highest BCUT2D eigenvalue weighted by Gasteiger charge is 2.17. The van der Waals surface area contributed by atoms with E-state index in [1.54, 1.807) is 0 Å². The molecule has 1 aromatic rings. The summed E-state index contributed by atoms with van der Waals surface area (Å²) in [5.74, 6) is 0. The van der Waals surface area contributed by atoms with E-state index in [-0.39, 0.29) is 0 Å². The average molecular weight is 190 g/mol. The SMILES string of the molecule is CC(C)N1CCc2ccc(N)cc2C1. The van der Waals surface area contributed by atoms with Gasteiger partial charge >= 0.3 is 0 Å². The third-order valence-corrected chi connectivity index (χ3v) is 3.00. The maximum atomic E-state index is 5.78. The minimum absolute atomic E-state index is 0.629. The Labute approximate surface area is 85.7 Å². The zero-order valence-electron chi connectivity index (χ0n) is 8.96. The van der Waals surface area contributed by atoms with Crippen molar-refractivity contribution in [3.8, 4) is 0 Å². The second kappa shape index (κ2) is 3.62. The van der Waals surface area contributed by atoms with Crippen LogP contribution in [-0.4, -0.2) is 17.5 Å². The molecule has 76 valence electrons. The van der Waals surface area contributed by atoms with Crippen LogP contribution in [0, 0.1) is 0 Å². The molecule has 0 aliphatic carbocycles. The van der Waals surface area contributed by atoms with E-state index in [0.29, 0.717) is 6.04 Å². The number of hydrogen-bond donors (Lipinski definition) is 1. The summed E-state index contributed by atoms with van der Waals surface area (Å²) >= 11 is 0. The van der Waals surface area contributed by atoms with Crippen LogP contribution in [0.5, 0.6) is 0 Å². The summed E-state index contributed by atoms with van der Waals surface area (Å²) < 4.78 is 0. The largest absolute Gasteiger partial charge is 0.399 e. The number of hydrogen-bond acceptors (Lipinski definition) is 2. The highest BCUT2D eigenvalue weighted by Crippen LogP contribution is 2.22. The van der Waals surface area contributed by atoms with Crippen LogP contribution in [0.4, 0.5) is 5.69 Å². The van der Waals surface area contributed by atoms with Gasteiger partial charge in [-0.25, -0.2) is 0 Å². The summed E-state index contributed by atoms with van der Waals surface area (Å²) in [5.41, 5.74) is 9.54. The summed E-state index contributed by atoms with van der Waals surface area (Å²) in [4.78, 5) is 2.49. The number of benzene rings is 1. The lowest BCUT2D eigenvalue weighted by molar-refractivity contribution is 0.203. The molecule has 0 aromatic heterocycles. The molecule has 0 atom stereocenters. The third kappa shape index (κ3) is 1.75. The monoisotopic (exact) mass is 190 g/mol. The molecule has 2 rings (SSSR count). The van der Waals surface area contributed by atoms with Crippen LogP contribution in [0.2, 0.25) is 0 Å². The standard InChI is InChI=1S/C12H18N2/c1-9(2)14-6-5-10-3-4-12(13)7-11(10)8-14/h3-4,7,9H,5-6,8,13H2,1-2H3. The van der Waals surface area contributed by atoms with Crippen LogP contribution in [-0.2, 0) is 13.0 Å². The van der Waals surface area contributed by atoms with Crippen molar-refractivity contribution in [3.05, 3.63) is 29.3 Å². The average Bonchev–Trinajstić information content (AvgIpc) is 2.16.